The molecule has 2 atom stereocenters. The van der Waals surface area contributed by atoms with Crippen molar-refractivity contribution in [3.63, 3.8) is 0 Å². The maximum Gasteiger partial charge on any atom is 0.307 e. The lowest BCUT2D eigenvalue weighted by Gasteiger charge is -2.25. The molecule has 0 bridgehead atoms. The topological polar surface area (TPSA) is 58.4 Å². The van der Waals surface area contributed by atoms with Crippen LogP contribution in [0.15, 0.2) is 22.6 Å². The molecule has 1 aromatic heterocycles. The molecule has 8 heteroatoms. The fraction of sp³-hybridized carbons (Fsp3) is 0.474. The summed E-state index contributed by atoms with van der Waals surface area (Å²) in [5, 5.41) is 2.76. The van der Waals surface area contributed by atoms with Crippen LogP contribution >= 0.6 is 0 Å². The van der Waals surface area contributed by atoms with Gasteiger partial charge in [-0.25, -0.2) is 18.2 Å². The highest BCUT2D eigenvalue weighted by Crippen LogP contribution is 2.24. The van der Waals surface area contributed by atoms with Gasteiger partial charge in [0, 0.05) is 37.7 Å². The molecule has 2 heterocycles. The van der Waals surface area contributed by atoms with E-state index in [1.165, 1.54) is 6.07 Å². The highest BCUT2D eigenvalue weighted by molar-refractivity contribution is 5.90. The molecule has 1 aliphatic carbocycles. The summed E-state index contributed by atoms with van der Waals surface area (Å²) in [7, 11) is 0. The second-order valence-electron chi connectivity index (χ2n) is 7.17. The van der Waals surface area contributed by atoms with Crippen molar-refractivity contribution in [3.8, 4) is 0 Å². The van der Waals surface area contributed by atoms with Crippen molar-refractivity contribution in [3.05, 3.63) is 52.7 Å². The number of benzene rings is 1. The Kier molecular flexibility index (Phi) is 4.90. The summed E-state index contributed by atoms with van der Waals surface area (Å²) in [4.78, 5) is 18.5. The van der Waals surface area contributed by atoms with E-state index in [0.717, 1.165) is 12.1 Å². The number of aromatic nitrogens is 1. The average Bonchev–Trinajstić information content (AvgIpc) is 3.24. The standard InChI is InChI=1S/C19H20F3N3O2/c20-12-2-4-15(22)11(7-12)9-25-6-5-17-16(10-25)24-19(27-17)18(26)23-14-3-1-13(21)8-14/h2,4,7,13-14H,1,3,5-6,8-10H2,(H,23,26)/t13-,14-/m1/s1. The van der Waals surface area contributed by atoms with Gasteiger partial charge < -0.3 is 9.73 Å². The van der Waals surface area contributed by atoms with E-state index in [0.29, 0.717) is 50.2 Å². The number of rotatable bonds is 4. The van der Waals surface area contributed by atoms with Crippen molar-refractivity contribution >= 4 is 5.91 Å². The highest BCUT2D eigenvalue weighted by atomic mass is 19.1. The second kappa shape index (κ2) is 7.34. The predicted molar refractivity (Wildman–Crippen MR) is 90.7 cm³/mol. The van der Waals surface area contributed by atoms with Gasteiger partial charge in [-0.3, -0.25) is 9.69 Å². The van der Waals surface area contributed by atoms with E-state index in [9.17, 15) is 18.0 Å². The van der Waals surface area contributed by atoms with Crippen LogP contribution in [-0.2, 0) is 19.5 Å². The fourth-order valence-electron chi connectivity index (χ4n) is 3.69. The van der Waals surface area contributed by atoms with Gasteiger partial charge >= 0.3 is 5.91 Å². The van der Waals surface area contributed by atoms with E-state index in [1.807, 2.05) is 4.90 Å². The van der Waals surface area contributed by atoms with Crippen LogP contribution in [0, 0.1) is 11.6 Å². The Hall–Kier alpha value is -2.35. The zero-order valence-corrected chi connectivity index (χ0v) is 14.7. The number of nitrogens with zero attached hydrogens (tertiary/aromatic N) is 2. The smallest absolute Gasteiger partial charge is 0.307 e. The zero-order chi connectivity index (χ0) is 19.0. The number of carbonyl (C=O) groups is 1. The summed E-state index contributed by atoms with van der Waals surface area (Å²) in [6.45, 7) is 1.22. The molecule has 1 fully saturated rings. The number of fused-ring (bicyclic) bond motifs is 1. The largest absolute Gasteiger partial charge is 0.437 e. The maximum atomic E-state index is 13.8. The van der Waals surface area contributed by atoms with Gasteiger partial charge in [-0.2, -0.15) is 0 Å². The summed E-state index contributed by atoms with van der Waals surface area (Å²) in [5.41, 5.74) is 0.903. The molecule has 5 nitrogen and oxygen atoms in total. The van der Waals surface area contributed by atoms with Crippen molar-refractivity contribution < 1.29 is 22.4 Å². The Morgan fingerprint density at radius 3 is 2.96 bits per heavy atom. The molecule has 4 rings (SSSR count). The van der Waals surface area contributed by atoms with Crippen molar-refractivity contribution in [2.75, 3.05) is 6.54 Å². The Labute approximate surface area is 154 Å². The molecule has 1 saturated carbocycles. The summed E-state index contributed by atoms with van der Waals surface area (Å²) in [5.74, 6) is -0.768. The first-order chi connectivity index (χ1) is 13.0. The van der Waals surface area contributed by atoms with Crippen LogP contribution in [-0.4, -0.2) is 34.5 Å². The molecule has 2 aliphatic rings. The molecule has 0 unspecified atom stereocenters. The van der Waals surface area contributed by atoms with Gasteiger partial charge in [0.1, 0.15) is 23.6 Å². The molecule has 0 spiro atoms. The number of hydrogen-bond acceptors (Lipinski definition) is 4. The number of nitrogens with one attached hydrogen (secondary N) is 1. The van der Waals surface area contributed by atoms with Crippen LogP contribution in [0.1, 0.15) is 47.0 Å². The number of alkyl halides is 1. The molecule has 144 valence electrons. The minimum atomic E-state index is -0.871. The molecule has 27 heavy (non-hydrogen) atoms. The number of oxazole rings is 1. The first-order valence-corrected chi connectivity index (χ1v) is 9.07. The minimum absolute atomic E-state index is 0.0268. The van der Waals surface area contributed by atoms with Gasteiger partial charge in [-0.15, -0.1) is 0 Å². The number of halogens is 3. The van der Waals surface area contributed by atoms with E-state index < -0.39 is 23.7 Å². The molecule has 1 aromatic carbocycles. The Bertz CT molecular complexity index is 855. The Morgan fingerprint density at radius 1 is 1.33 bits per heavy atom. The van der Waals surface area contributed by atoms with Crippen LogP contribution in [0.5, 0.6) is 0 Å². The van der Waals surface area contributed by atoms with Gasteiger partial charge in [-0.1, -0.05) is 0 Å². The van der Waals surface area contributed by atoms with Gasteiger partial charge in [0.15, 0.2) is 0 Å². The van der Waals surface area contributed by atoms with Crippen molar-refractivity contribution in [2.45, 2.75) is 51.0 Å². The lowest BCUT2D eigenvalue weighted by atomic mass is 10.1. The lowest BCUT2D eigenvalue weighted by Crippen LogP contribution is -2.33. The third-order valence-electron chi connectivity index (χ3n) is 5.11. The molecule has 0 radical (unpaired) electrons. The Morgan fingerprint density at radius 2 is 2.19 bits per heavy atom. The van der Waals surface area contributed by atoms with Crippen LogP contribution in [0.25, 0.3) is 0 Å². The van der Waals surface area contributed by atoms with E-state index in [4.69, 9.17) is 4.42 Å². The predicted octanol–water partition coefficient (Wildman–Crippen LogP) is 3.13. The van der Waals surface area contributed by atoms with E-state index >= 15 is 0 Å². The van der Waals surface area contributed by atoms with Gasteiger partial charge in [-0.05, 0) is 37.5 Å². The second-order valence-corrected chi connectivity index (χ2v) is 7.17. The van der Waals surface area contributed by atoms with Crippen molar-refractivity contribution in [2.24, 2.45) is 0 Å². The van der Waals surface area contributed by atoms with E-state index in [1.54, 1.807) is 0 Å². The van der Waals surface area contributed by atoms with Crippen molar-refractivity contribution in [1.82, 2.24) is 15.2 Å². The van der Waals surface area contributed by atoms with E-state index in [2.05, 4.69) is 10.3 Å². The molecule has 1 amide bonds. The molecular weight excluding hydrogens is 359 g/mol. The van der Waals surface area contributed by atoms with Crippen LogP contribution < -0.4 is 5.32 Å². The maximum absolute atomic E-state index is 13.8. The van der Waals surface area contributed by atoms with Crippen molar-refractivity contribution in [1.29, 1.82) is 0 Å². The average molecular weight is 379 g/mol. The molecule has 2 aromatic rings. The van der Waals surface area contributed by atoms with Gasteiger partial charge in [0.05, 0.1) is 5.69 Å². The molecule has 0 saturated heterocycles. The molecule has 1 N–H and O–H groups in total. The summed E-state index contributed by atoms with van der Waals surface area (Å²) >= 11 is 0. The summed E-state index contributed by atoms with van der Waals surface area (Å²) in [6, 6.07) is 3.20. The number of hydrogen-bond donors (Lipinski definition) is 1. The van der Waals surface area contributed by atoms with Gasteiger partial charge in [0.2, 0.25) is 0 Å². The van der Waals surface area contributed by atoms with Crippen LogP contribution in [0.2, 0.25) is 0 Å². The normalized spacial score (nSPS) is 22.6. The first kappa shape index (κ1) is 18.0. The number of carbonyl (C=O) groups excluding carboxylic acids is 1. The lowest BCUT2D eigenvalue weighted by molar-refractivity contribution is 0.0899. The molecule has 1 aliphatic heterocycles. The van der Waals surface area contributed by atoms with Crippen LogP contribution in [0.4, 0.5) is 13.2 Å². The van der Waals surface area contributed by atoms with Gasteiger partial charge in [0.25, 0.3) is 5.89 Å². The molecular formula is C19H20F3N3O2. The third-order valence-corrected chi connectivity index (χ3v) is 5.11. The van der Waals surface area contributed by atoms with E-state index in [-0.39, 0.29) is 24.0 Å². The summed E-state index contributed by atoms with van der Waals surface area (Å²) < 4.78 is 46.0. The Balaban J connectivity index is 1.41. The third kappa shape index (κ3) is 4.00. The highest BCUT2D eigenvalue weighted by Gasteiger charge is 2.29. The summed E-state index contributed by atoms with van der Waals surface area (Å²) in [6.07, 6.45) is 1.05. The minimum Gasteiger partial charge on any atom is -0.437 e. The number of amides is 1. The fourth-order valence-corrected chi connectivity index (χ4v) is 3.69. The zero-order valence-electron chi connectivity index (χ0n) is 14.7. The van der Waals surface area contributed by atoms with Crippen LogP contribution in [0.3, 0.4) is 0 Å². The quantitative estimate of drug-likeness (QED) is 0.887. The monoisotopic (exact) mass is 379 g/mol. The SMILES string of the molecule is O=C(N[C@@H]1CC[C@@H](F)C1)c1nc2c(o1)CCN(Cc1cc(F)ccc1F)C2. The first-order valence-electron chi connectivity index (χ1n) is 9.07.